The minimum atomic E-state index is 0.446. The van der Waals surface area contributed by atoms with Crippen LogP contribution in [0.15, 0.2) is 18.2 Å². The van der Waals surface area contributed by atoms with Crippen LogP contribution in [0.3, 0.4) is 0 Å². The Balaban J connectivity index is 0.000000921. The van der Waals surface area contributed by atoms with E-state index >= 15 is 0 Å². The van der Waals surface area contributed by atoms with Crippen molar-refractivity contribution in [3.63, 3.8) is 0 Å². The van der Waals surface area contributed by atoms with Crippen molar-refractivity contribution in [2.24, 2.45) is 5.92 Å². The van der Waals surface area contributed by atoms with Crippen LogP contribution in [0.5, 0.6) is 0 Å². The molecule has 0 aliphatic rings. The molecule has 0 aromatic heterocycles. The molecule has 0 spiro atoms. The maximum Gasteiger partial charge on any atom is 0.0248 e. The van der Waals surface area contributed by atoms with E-state index in [1.807, 2.05) is 13.8 Å². The van der Waals surface area contributed by atoms with Gasteiger partial charge in [0, 0.05) is 11.5 Å². The van der Waals surface area contributed by atoms with Crippen LogP contribution in [0, 0.1) is 31.6 Å². The van der Waals surface area contributed by atoms with Crippen molar-refractivity contribution in [2.45, 2.75) is 41.5 Å². The molecule has 0 radical (unpaired) electrons. The number of rotatable bonds is 0. The molecular formula is C15H22. The zero-order chi connectivity index (χ0) is 11.8. The summed E-state index contributed by atoms with van der Waals surface area (Å²) >= 11 is 0. The Kier molecular flexibility index (Phi) is 6.54. The Morgan fingerprint density at radius 2 is 1.60 bits per heavy atom. The van der Waals surface area contributed by atoms with Gasteiger partial charge in [0.1, 0.15) is 0 Å². The van der Waals surface area contributed by atoms with Crippen LogP contribution in [0.4, 0.5) is 0 Å². The molecule has 0 heterocycles. The molecule has 1 aromatic rings. The van der Waals surface area contributed by atoms with Crippen LogP contribution < -0.4 is 0 Å². The topological polar surface area (TPSA) is 0 Å². The second-order valence-corrected chi connectivity index (χ2v) is 3.72. The molecule has 0 unspecified atom stereocenters. The Morgan fingerprint density at radius 1 is 1.00 bits per heavy atom. The zero-order valence-electron chi connectivity index (χ0n) is 10.8. The monoisotopic (exact) mass is 202 g/mol. The Labute approximate surface area is 94.7 Å². The molecule has 1 aromatic carbocycles. The third-order valence-corrected chi connectivity index (χ3v) is 2.01. The molecule has 0 saturated heterocycles. The third kappa shape index (κ3) is 5.27. The van der Waals surface area contributed by atoms with Gasteiger partial charge in [0.05, 0.1) is 0 Å². The Hall–Kier alpha value is -1.22. The summed E-state index contributed by atoms with van der Waals surface area (Å²) in [4.78, 5) is 0. The van der Waals surface area contributed by atoms with E-state index in [4.69, 9.17) is 0 Å². The zero-order valence-corrected chi connectivity index (χ0v) is 10.8. The maximum atomic E-state index is 3.16. The fourth-order valence-electron chi connectivity index (χ4n) is 1.05. The van der Waals surface area contributed by atoms with E-state index in [0.29, 0.717) is 5.92 Å². The second kappa shape index (κ2) is 7.12. The van der Waals surface area contributed by atoms with E-state index < -0.39 is 0 Å². The fraction of sp³-hybridized carbons (Fsp3) is 0.467. The highest BCUT2D eigenvalue weighted by atomic mass is 14.0. The largest absolute Gasteiger partial charge is 0.0951 e. The van der Waals surface area contributed by atoms with Crippen LogP contribution >= 0.6 is 0 Å². The van der Waals surface area contributed by atoms with Crippen molar-refractivity contribution in [3.8, 4) is 11.8 Å². The first-order chi connectivity index (χ1) is 7.09. The summed E-state index contributed by atoms with van der Waals surface area (Å²) in [6.07, 6.45) is 0. The Bertz CT molecular complexity index is 348. The first-order valence-corrected chi connectivity index (χ1v) is 5.68. The van der Waals surface area contributed by atoms with Crippen molar-refractivity contribution in [1.29, 1.82) is 0 Å². The van der Waals surface area contributed by atoms with Gasteiger partial charge in [0.15, 0.2) is 0 Å². The molecule has 82 valence electrons. The molecular weight excluding hydrogens is 180 g/mol. The summed E-state index contributed by atoms with van der Waals surface area (Å²) in [5.74, 6) is 6.77. The molecule has 0 fully saturated rings. The van der Waals surface area contributed by atoms with E-state index in [-0.39, 0.29) is 0 Å². The van der Waals surface area contributed by atoms with Gasteiger partial charge in [-0.05, 0) is 37.1 Å². The highest BCUT2D eigenvalue weighted by Crippen LogP contribution is 2.08. The summed E-state index contributed by atoms with van der Waals surface area (Å²) in [6, 6.07) is 6.35. The smallest absolute Gasteiger partial charge is 0.0248 e. The molecule has 0 heteroatoms. The van der Waals surface area contributed by atoms with Gasteiger partial charge in [0.25, 0.3) is 0 Å². The summed E-state index contributed by atoms with van der Waals surface area (Å²) < 4.78 is 0. The van der Waals surface area contributed by atoms with E-state index in [0.717, 1.165) is 5.56 Å². The lowest BCUT2D eigenvalue weighted by molar-refractivity contribution is 0.866. The summed E-state index contributed by atoms with van der Waals surface area (Å²) in [5, 5.41) is 0. The summed E-state index contributed by atoms with van der Waals surface area (Å²) in [5.41, 5.74) is 3.77. The van der Waals surface area contributed by atoms with Gasteiger partial charge >= 0.3 is 0 Å². The van der Waals surface area contributed by atoms with E-state index in [1.165, 1.54) is 11.1 Å². The van der Waals surface area contributed by atoms with Gasteiger partial charge in [0.2, 0.25) is 0 Å². The number of aryl methyl sites for hydroxylation is 2. The molecule has 15 heavy (non-hydrogen) atoms. The van der Waals surface area contributed by atoms with Crippen molar-refractivity contribution >= 4 is 0 Å². The van der Waals surface area contributed by atoms with Crippen LogP contribution in [-0.4, -0.2) is 0 Å². The van der Waals surface area contributed by atoms with Crippen LogP contribution in [-0.2, 0) is 0 Å². The molecule has 0 nitrogen and oxygen atoms in total. The van der Waals surface area contributed by atoms with Crippen LogP contribution in [0.2, 0.25) is 0 Å². The van der Waals surface area contributed by atoms with Crippen molar-refractivity contribution in [1.82, 2.24) is 0 Å². The lowest BCUT2D eigenvalue weighted by atomic mass is 10.1. The maximum absolute atomic E-state index is 3.16. The first-order valence-electron chi connectivity index (χ1n) is 5.68. The molecule has 0 aliphatic heterocycles. The highest BCUT2D eigenvalue weighted by Gasteiger charge is 1.92. The van der Waals surface area contributed by atoms with Gasteiger partial charge in [-0.25, -0.2) is 0 Å². The molecule has 0 bridgehead atoms. The minimum Gasteiger partial charge on any atom is -0.0951 e. The van der Waals surface area contributed by atoms with Gasteiger partial charge in [-0.2, -0.15) is 0 Å². The van der Waals surface area contributed by atoms with Crippen molar-refractivity contribution in [2.75, 3.05) is 0 Å². The first kappa shape index (κ1) is 13.8. The third-order valence-electron chi connectivity index (χ3n) is 2.01. The van der Waals surface area contributed by atoms with E-state index in [2.05, 4.69) is 57.7 Å². The van der Waals surface area contributed by atoms with Gasteiger partial charge in [-0.1, -0.05) is 45.6 Å². The van der Waals surface area contributed by atoms with E-state index in [1.54, 1.807) is 0 Å². The predicted molar refractivity (Wildman–Crippen MR) is 69.0 cm³/mol. The molecule has 1 rings (SSSR count). The Morgan fingerprint density at radius 3 is 2.07 bits per heavy atom. The quantitative estimate of drug-likeness (QED) is 0.549. The molecule has 0 saturated carbocycles. The second-order valence-electron chi connectivity index (χ2n) is 3.72. The molecule has 0 atom stereocenters. The lowest BCUT2D eigenvalue weighted by Gasteiger charge is -1.99. The number of hydrogen-bond acceptors (Lipinski definition) is 0. The van der Waals surface area contributed by atoms with Gasteiger partial charge in [-0.3, -0.25) is 0 Å². The van der Waals surface area contributed by atoms with Crippen LogP contribution in [0.1, 0.15) is 44.4 Å². The van der Waals surface area contributed by atoms with Crippen molar-refractivity contribution < 1.29 is 0 Å². The standard InChI is InChI=1S/C13H16.C2H6/c1-10(2)5-7-13-8-6-11(3)12(4)9-13;1-2/h6,8-10H,1-4H3;1-2H3. The highest BCUT2D eigenvalue weighted by molar-refractivity contribution is 5.40. The molecule has 0 N–H and O–H groups in total. The van der Waals surface area contributed by atoms with Crippen LogP contribution in [0.25, 0.3) is 0 Å². The van der Waals surface area contributed by atoms with Gasteiger partial charge in [-0.15, -0.1) is 0 Å². The molecule has 0 amide bonds. The normalized spacial score (nSPS) is 8.73. The average molecular weight is 202 g/mol. The predicted octanol–water partition coefficient (Wildman–Crippen LogP) is 4.34. The number of benzene rings is 1. The van der Waals surface area contributed by atoms with Crippen molar-refractivity contribution in [3.05, 3.63) is 34.9 Å². The average Bonchev–Trinajstić information content (AvgIpc) is 2.23. The summed E-state index contributed by atoms with van der Waals surface area (Å²) in [6.45, 7) is 12.5. The fourth-order valence-corrected chi connectivity index (χ4v) is 1.05. The number of hydrogen-bond donors (Lipinski definition) is 0. The SMILES string of the molecule is CC.Cc1ccc(C#CC(C)C)cc1C. The molecule has 0 aliphatic carbocycles. The minimum absolute atomic E-state index is 0.446. The van der Waals surface area contributed by atoms with E-state index in [9.17, 15) is 0 Å². The van der Waals surface area contributed by atoms with Gasteiger partial charge < -0.3 is 0 Å². The summed E-state index contributed by atoms with van der Waals surface area (Å²) in [7, 11) is 0. The lowest BCUT2D eigenvalue weighted by Crippen LogP contribution is -1.83.